The first-order valence-corrected chi connectivity index (χ1v) is 7.12. The third kappa shape index (κ3) is 3.45. The van der Waals surface area contributed by atoms with Gasteiger partial charge in [0.2, 0.25) is 5.91 Å². The van der Waals surface area contributed by atoms with Crippen molar-refractivity contribution in [3.63, 3.8) is 0 Å². The zero-order valence-electron chi connectivity index (χ0n) is 12.4. The number of hydrazine groups is 1. The quantitative estimate of drug-likeness (QED) is 0.448. The second kappa shape index (κ2) is 6.02. The molecule has 0 aromatic heterocycles. The van der Waals surface area contributed by atoms with Gasteiger partial charge in [0.05, 0.1) is 5.41 Å². The molecule has 0 aromatic rings. The number of amides is 1. The number of hydrogen-bond donors (Lipinski definition) is 2. The third-order valence-corrected chi connectivity index (χ3v) is 4.78. The minimum Gasteiger partial charge on any atom is -0.302 e. The van der Waals surface area contributed by atoms with Crippen molar-refractivity contribution >= 4 is 5.91 Å². The molecule has 1 aliphatic heterocycles. The van der Waals surface area contributed by atoms with E-state index in [4.69, 9.17) is 5.84 Å². The van der Waals surface area contributed by atoms with E-state index in [2.05, 4.69) is 24.2 Å². The molecule has 4 heteroatoms. The number of nitrogens with two attached hydrogens (primary N) is 1. The van der Waals surface area contributed by atoms with Crippen molar-refractivity contribution in [2.45, 2.75) is 53.4 Å². The van der Waals surface area contributed by atoms with Crippen molar-refractivity contribution in [3.05, 3.63) is 0 Å². The average Bonchev–Trinajstić information content (AvgIpc) is 2.38. The summed E-state index contributed by atoms with van der Waals surface area (Å²) in [6.45, 7) is 11.5. The number of piperidine rings is 1. The minimum absolute atomic E-state index is 0.0784. The maximum absolute atomic E-state index is 11.7. The summed E-state index contributed by atoms with van der Waals surface area (Å²) in [5.41, 5.74) is 2.40. The molecule has 1 heterocycles. The average molecular weight is 255 g/mol. The van der Waals surface area contributed by atoms with Crippen molar-refractivity contribution in [3.8, 4) is 0 Å². The predicted molar refractivity (Wildman–Crippen MR) is 74.8 cm³/mol. The lowest BCUT2D eigenvalue weighted by atomic mass is 9.74. The highest BCUT2D eigenvalue weighted by Gasteiger charge is 2.35. The van der Waals surface area contributed by atoms with Crippen LogP contribution < -0.4 is 11.3 Å². The summed E-state index contributed by atoms with van der Waals surface area (Å²) in [5.74, 6) is 5.15. The zero-order valence-corrected chi connectivity index (χ0v) is 12.4. The minimum atomic E-state index is -0.410. The topological polar surface area (TPSA) is 58.4 Å². The van der Waals surface area contributed by atoms with E-state index >= 15 is 0 Å². The fourth-order valence-corrected chi connectivity index (χ4v) is 2.97. The molecule has 1 aliphatic rings. The summed E-state index contributed by atoms with van der Waals surface area (Å²) >= 11 is 0. The zero-order chi connectivity index (χ0) is 13.8. The lowest BCUT2D eigenvalue weighted by molar-refractivity contribution is -0.130. The number of carbonyl (C=O) groups excluding carboxylic acids is 1. The highest BCUT2D eigenvalue weighted by molar-refractivity contribution is 5.81. The van der Waals surface area contributed by atoms with Gasteiger partial charge < -0.3 is 4.90 Å². The Hall–Kier alpha value is -0.610. The molecule has 4 nitrogen and oxygen atoms in total. The van der Waals surface area contributed by atoms with Crippen LogP contribution in [-0.2, 0) is 4.79 Å². The summed E-state index contributed by atoms with van der Waals surface area (Å²) in [6.07, 6.45) is 5.04. The third-order valence-electron chi connectivity index (χ3n) is 4.78. The fraction of sp³-hybridized carbons (Fsp3) is 0.929. The second-order valence-electron chi connectivity index (χ2n) is 6.34. The molecule has 0 radical (unpaired) electrons. The van der Waals surface area contributed by atoms with Crippen LogP contribution in [0.5, 0.6) is 0 Å². The fourth-order valence-electron chi connectivity index (χ4n) is 2.97. The standard InChI is InChI=1S/C14H29N3O/c1-5-14(6-2)7-9-17(10-8-14)11-13(3,4)12(18)16-15/h5-11,15H2,1-4H3,(H,16,18). The molecule has 0 atom stereocenters. The first-order valence-electron chi connectivity index (χ1n) is 7.12. The van der Waals surface area contributed by atoms with Gasteiger partial charge in [-0.2, -0.15) is 0 Å². The highest BCUT2D eigenvalue weighted by atomic mass is 16.2. The Morgan fingerprint density at radius 2 is 1.78 bits per heavy atom. The largest absolute Gasteiger partial charge is 0.302 e. The molecule has 0 saturated carbocycles. The molecular formula is C14H29N3O. The van der Waals surface area contributed by atoms with Gasteiger partial charge in [0.1, 0.15) is 0 Å². The summed E-state index contributed by atoms with van der Waals surface area (Å²) in [6, 6.07) is 0. The summed E-state index contributed by atoms with van der Waals surface area (Å²) in [7, 11) is 0. The van der Waals surface area contributed by atoms with E-state index in [0.717, 1.165) is 19.6 Å². The SMILES string of the molecule is CCC1(CC)CCN(CC(C)(C)C(=O)NN)CC1. The maximum atomic E-state index is 11.7. The molecule has 1 rings (SSSR count). The second-order valence-corrected chi connectivity index (χ2v) is 6.34. The predicted octanol–water partition coefficient (Wildman–Crippen LogP) is 1.90. The van der Waals surface area contributed by atoms with Gasteiger partial charge in [0.15, 0.2) is 0 Å². The molecule has 0 aliphatic carbocycles. The molecule has 1 saturated heterocycles. The molecule has 3 N–H and O–H groups in total. The van der Waals surface area contributed by atoms with Crippen LogP contribution in [0.15, 0.2) is 0 Å². The van der Waals surface area contributed by atoms with Crippen LogP contribution in [0.2, 0.25) is 0 Å². The van der Waals surface area contributed by atoms with Crippen LogP contribution in [0.4, 0.5) is 0 Å². The highest BCUT2D eigenvalue weighted by Crippen LogP contribution is 2.38. The van der Waals surface area contributed by atoms with Gasteiger partial charge in [-0.05, 0) is 45.2 Å². The molecule has 1 amide bonds. The van der Waals surface area contributed by atoms with E-state index in [1.165, 1.54) is 25.7 Å². The number of rotatable bonds is 5. The van der Waals surface area contributed by atoms with E-state index in [-0.39, 0.29) is 5.91 Å². The Morgan fingerprint density at radius 3 is 2.17 bits per heavy atom. The van der Waals surface area contributed by atoms with Gasteiger partial charge in [0.25, 0.3) is 0 Å². The Kier molecular flexibility index (Phi) is 5.17. The van der Waals surface area contributed by atoms with Crippen LogP contribution in [0.3, 0.4) is 0 Å². The summed E-state index contributed by atoms with van der Waals surface area (Å²) < 4.78 is 0. The first kappa shape index (κ1) is 15.4. The Morgan fingerprint density at radius 1 is 1.28 bits per heavy atom. The molecule has 0 unspecified atom stereocenters. The molecule has 1 fully saturated rings. The van der Waals surface area contributed by atoms with Gasteiger partial charge in [-0.15, -0.1) is 0 Å². The van der Waals surface area contributed by atoms with E-state index in [1.807, 2.05) is 13.8 Å². The molecule has 0 aromatic carbocycles. The number of nitrogens with zero attached hydrogens (tertiary/aromatic N) is 1. The Bertz CT molecular complexity index is 275. The van der Waals surface area contributed by atoms with Crippen molar-refractivity contribution in [2.24, 2.45) is 16.7 Å². The van der Waals surface area contributed by atoms with E-state index < -0.39 is 5.41 Å². The Labute approximate surface area is 111 Å². The Balaban J connectivity index is 2.51. The van der Waals surface area contributed by atoms with Crippen molar-refractivity contribution in [1.82, 2.24) is 10.3 Å². The lowest BCUT2D eigenvalue weighted by Crippen LogP contribution is -2.50. The molecule has 0 bridgehead atoms. The van der Waals surface area contributed by atoms with Gasteiger partial charge in [-0.3, -0.25) is 10.2 Å². The van der Waals surface area contributed by atoms with Crippen LogP contribution in [0, 0.1) is 10.8 Å². The van der Waals surface area contributed by atoms with Crippen LogP contribution >= 0.6 is 0 Å². The lowest BCUT2D eigenvalue weighted by Gasteiger charge is -2.43. The van der Waals surface area contributed by atoms with Crippen molar-refractivity contribution in [1.29, 1.82) is 0 Å². The smallest absolute Gasteiger partial charge is 0.240 e. The van der Waals surface area contributed by atoms with E-state index in [9.17, 15) is 4.79 Å². The van der Waals surface area contributed by atoms with E-state index in [1.54, 1.807) is 0 Å². The normalized spacial score (nSPS) is 20.7. The monoisotopic (exact) mass is 255 g/mol. The van der Waals surface area contributed by atoms with Gasteiger partial charge >= 0.3 is 0 Å². The summed E-state index contributed by atoms with van der Waals surface area (Å²) in [4.78, 5) is 14.1. The molecule has 106 valence electrons. The van der Waals surface area contributed by atoms with E-state index in [0.29, 0.717) is 5.41 Å². The first-order chi connectivity index (χ1) is 8.39. The van der Waals surface area contributed by atoms with Crippen LogP contribution in [0.1, 0.15) is 53.4 Å². The van der Waals surface area contributed by atoms with Crippen LogP contribution in [-0.4, -0.2) is 30.4 Å². The van der Waals surface area contributed by atoms with Crippen molar-refractivity contribution in [2.75, 3.05) is 19.6 Å². The number of hydrogen-bond acceptors (Lipinski definition) is 3. The van der Waals surface area contributed by atoms with Gasteiger partial charge in [0, 0.05) is 6.54 Å². The van der Waals surface area contributed by atoms with Gasteiger partial charge in [-0.1, -0.05) is 26.7 Å². The molecular weight excluding hydrogens is 226 g/mol. The van der Waals surface area contributed by atoms with Gasteiger partial charge in [-0.25, -0.2) is 5.84 Å². The number of nitrogens with one attached hydrogen (secondary N) is 1. The van der Waals surface area contributed by atoms with Crippen LogP contribution in [0.25, 0.3) is 0 Å². The van der Waals surface area contributed by atoms with Crippen molar-refractivity contribution < 1.29 is 4.79 Å². The molecule has 0 spiro atoms. The number of carbonyl (C=O) groups is 1. The molecule has 18 heavy (non-hydrogen) atoms. The summed E-state index contributed by atoms with van der Waals surface area (Å²) in [5, 5.41) is 0. The maximum Gasteiger partial charge on any atom is 0.240 e. The number of likely N-dealkylation sites (tertiary alicyclic amines) is 1.